The predicted molar refractivity (Wildman–Crippen MR) is 76.6 cm³/mol. The highest BCUT2D eigenvalue weighted by molar-refractivity contribution is 5.76. The van der Waals surface area contributed by atoms with Crippen molar-refractivity contribution in [3.63, 3.8) is 0 Å². The number of rotatable bonds is 5. The molecule has 1 aliphatic rings. The van der Waals surface area contributed by atoms with Gasteiger partial charge in [-0.3, -0.25) is 9.48 Å². The van der Waals surface area contributed by atoms with Gasteiger partial charge >= 0.3 is 0 Å². The van der Waals surface area contributed by atoms with Crippen molar-refractivity contribution in [3.05, 3.63) is 47.9 Å². The highest BCUT2D eigenvalue weighted by atomic mass is 19.1. The van der Waals surface area contributed by atoms with Crippen LogP contribution in [0.1, 0.15) is 18.4 Å². The summed E-state index contributed by atoms with van der Waals surface area (Å²) < 4.78 is 14.8. The second kappa shape index (κ2) is 5.55. The fourth-order valence-electron chi connectivity index (χ4n) is 2.33. The van der Waals surface area contributed by atoms with E-state index in [1.54, 1.807) is 23.2 Å². The molecule has 3 rings (SSSR count). The van der Waals surface area contributed by atoms with Crippen LogP contribution in [0.3, 0.4) is 0 Å². The molecular formula is C15H17FN4O. The molecule has 110 valence electrons. The molecule has 1 fully saturated rings. The zero-order valence-corrected chi connectivity index (χ0v) is 11.6. The maximum Gasteiger partial charge on any atom is 0.244 e. The number of hydrogen-bond donors (Lipinski definition) is 1. The van der Waals surface area contributed by atoms with Crippen LogP contribution in [0.4, 0.5) is 10.2 Å². The van der Waals surface area contributed by atoms with Crippen LogP contribution in [-0.4, -0.2) is 26.6 Å². The van der Waals surface area contributed by atoms with Gasteiger partial charge in [0.15, 0.2) is 0 Å². The Hall–Kier alpha value is -2.37. The Labute approximate surface area is 122 Å². The smallest absolute Gasteiger partial charge is 0.244 e. The molecule has 0 bridgehead atoms. The Morgan fingerprint density at radius 2 is 2.24 bits per heavy atom. The molecule has 2 N–H and O–H groups in total. The normalized spacial score (nSPS) is 14.1. The first kappa shape index (κ1) is 13.6. The maximum absolute atomic E-state index is 13.3. The molecule has 0 atom stereocenters. The Morgan fingerprint density at radius 3 is 2.86 bits per heavy atom. The van der Waals surface area contributed by atoms with Crippen LogP contribution in [0, 0.1) is 5.82 Å². The summed E-state index contributed by atoms with van der Waals surface area (Å²) in [4.78, 5) is 14.2. The standard InChI is InChI=1S/C15H17FN4O/c16-12-3-1-2-11(8-12)9-20(13-4-5-13)15(21)10-19-7-6-14(17)18-19/h1-3,6-8,13H,4-5,9-10H2,(H2,17,18). The van der Waals surface area contributed by atoms with Gasteiger partial charge in [-0.1, -0.05) is 12.1 Å². The molecule has 0 unspecified atom stereocenters. The molecule has 2 aromatic rings. The first-order chi connectivity index (χ1) is 10.1. The fraction of sp³-hybridized carbons (Fsp3) is 0.333. The van der Waals surface area contributed by atoms with Crippen LogP contribution in [0.25, 0.3) is 0 Å². The first-order valence-electron chi connectivity index (χ1n) is 6.94. The van der Waals surface area contributed by atoms with Crippen LogP contribution in [0.5, 0.6) is 0 Å². The number of carbonyl (C=O) groups is 1. The van der Waals surface area contributed by atoms with Crippen molar-refractivity contribution in [1.82, 2.24) is 14.7 Å². The van der Waals surface area contributed by atoms with Crippen molar-refractivity contribution in [2.75, 3.05) is 5.73 Å². The third-order valence-electron chi connectivity index (χ3n) is 3.51. The van der Waals surface area contributed by atoms with E-state index in [9.17, 15) is 9.18 Å². The van der Waals surface area contributed by atoms with E-state index in [1.165, 1.54) is 16.8 Å². The second-order valence-electron chi connectivity index (χ2n) is 5.32. The molecule has 6 heteroatoms. The minimum Gasteiger partial charge on any atom is -0.382 e. The summed E-state index contributed by atoms with van der Waals surface area (Å²) >= 11 is 0. The molecule has 1 saturated carbocycles. The third kappa shape index (κ3) is 3.39. The van der Waals surface area contributed by atoms with Crippen molar-refractivity contribution < 1.29 is 9.18 Å². The molecule has 0 spiro atoms. The lowest BCUT2D eigenvalue weighted by Gasteiger charge is -2.22. The number of aromatic nitrogens is 2. The van der Waals surface area contributed by atoms with Gasteiger partial charge in [0.1, 0.15) is 18.2 Å². The fourth-order valence-corrected chi connectivity index (χ4v) is 2.33. The molecule has 0 radical (unpaired) electrons. The molecule has 0 aliphatic heterocycles. The molecule has 1 aromatic heterocycles. The molecule has 21 heavy (non-hydrogen) atoms. The molecule has 0 saturated heterocycles. The van der Waals surface area contributed by atoms with Crippen LogP contribution in [-0.2, 0) is 17.9 Å². The summed E-state index contributed by atoms with van der Waals surface area (Å²) in [5.41, 5.74) is 6.35. The van der Waals surface area contributed by atoms with E-state index >= 15 is 0 Å². The number of amides is 1. The van der Waals surface area contributed by atoms with E-state index in [4.69, 9.17) is 5.73 Å². The minimum atomic E-state index is -0.282. The molecule has 1 heterocycles. The molecule has 1 aliphatic carbocycles. The minimum absolute atomic E-state index is 0.0233. The number of nitrogens with two attached hydrogens (primary N) is 1. The van der Waals surface area contributed by atoms with Crippen molar-refractivity contribution >= 4 is 11.7 Å². The van der Waals surface area contributed by atoms with Gasteiger partial charge in [-0.25, -0.2) is 4.39 Å². The van der Waals surface area contributed by atoms with Gasteiger partial charge in [0.2, 0.25) is 5.91 Å². The van der Waals surface area contributed by atoms with Crippen molar-refractivity contribution in [3.8, 4) is 0 Å². The Morgan fingerprint density at radius 1 is 1.43 bits per heavy atom. The lowest BCUT2D eigenvalue weighted by Crippen LogP contribution is -2.35. The lowest BCUT2D eigenvalue weighted by molar-refractivity contribution is -0.133. The van der Waals surface area contributed by atoms with E-state index in [0.717, 1.165) is 18.4 Å². The van der Waals surface area contributed by atoms with Gasteiger partial charge < -0.3 is 10.6 Å². The zero-order valence-electron chi connectivity index (χ0n) is 11.6. The van der Waals surface area contributed by atoms with Crippen LogP contribution < -0.4 is 5.73 Å². The summed E-state index contributed by atoms with van der Waals surface area (Å²) in [6.07, 6.45) is 3.69. The third-order valence-corrected chi connectivity index (χ3v) is 3.51. The van der Waals surface area contributed by atoms with Gasteiger partial charge in [0, 0.05) is 18.8 Å². The predicted octanol–water partition coefficient (Wildman–Crippen LogP) is 1.80. The van der Waals surface area contributed by atoms with E-state index in [1.807, 2.05) is 6.07 Å². The summed E-state index contributed by atoms with van der Waals surface area (Å²) in [6, 6.07) is 8.27. The van der Waals surface area contributed by atoms with Gasteiger partial charge in [0.05, 0.1) is 0 Å². The molecule has 1 amide bonds. The Balaban J connectivity index is 1.70. The van der Waals surface area contributed by atoms with E-state index in [0.29, 0.717) is 12.4 Å². The summed E-state index contributed by atoms with van der Waals surface area (Å²) in [5, 5.41) is 4.02. The molecule has 1 aromatic carbocycles. The monoisotopic (exact) mass is 288 g/mol. The number of nitrogens with zero attached hydrogens (tertiary/aromatic N) is 3. The zero-order chi connectivity index (χ0) is 14.8. The Kier molecular flexibility index (Phi) is 3.60. The van der Waals surface area contributed by atoms with Gasteiger partial charge in [-0.05, 0) is 36.6 Å². The largest absolute Gasteiger partial charge is 0.382 e. The first-order valence-corrected chi connectivity index (χ1v) is 6.94. The number of carbonyl (C=O) groups excluding carboxylic acids is 1. The van der Waals surface area contributed by atoms with Crippen molar-refractivity contribution in [1.29, 1.82) is 0 Å². The summed E-state index contributed by atoms with van der Waals surface area (Å²) in [7, 11) is 0. The molecular weight excluding hydrogens is 271 g/mol. The number of anilines is 1. The van der Waals surface area contributed by atoms with Gasteiger partial charge in [-0.2, -0.15) is 5.10 Å². The highest BCUT2D eigenvalue weighted by Crippen LogP contribution is 2.28. The van der Waals surface area contributed by atoms with Crippen molar-refractivity contribution in [2.45, 2.75) is 32.0 Å². The van der Waals surface area contributed by atoms with Gasteiger partial charge in [-0.15, -0.1) is 0 Å². The summed E-state index contributed by atoms with van der Waals surface area (Å²) in [6.45, 7) is 0.584. The van der Waals surface area contributed by atoms with E-state index in [-0.39, 0.29) is 24.3 Å². The number of benzene rings is 1. The average Bonchev–Trinajstić information content (AvgIpc) is 3.20. The number of halogens is 1. The van der Waals surface area contributed by atoms with Crippen LogP contribution in [0.2, 0.25) is 0 Å². The SMILES string of the molecule is Nc1ccn(CC(=O)N(Cc2cccc(F)c2)C2CC2)n1. The lowest BCUT2D eigenvalue weighted by atomic mass is 10.2. The highest BCUT2D eigenvalue weighted by Gasteiger charge is 2.32. The number of nitrogen functional groups attached to an aromatic ring is 1. The summed E-state index contributed by atoms with van der Waals surface area (Å²) in [5.74, 6) is 0.0892. The average molecular weight is 288 g/mol. The van der Waals surface area contributed by atoms with Crippen molar-refractivity contribution in [2.24, 2.45) is 0 Å². The molecule has 5 nitrogen and oxygen atoms in total. The van der Waals surface area contributed by atoms with E-state index in [2.05, 4.69) is 5.10 Å². The second-order valence-corrected chi connectivity index (χ2v) is 5.32. The van der Waals surface area contributed by atoms with Gasteiger partial charge in [0.25, 0.3) is 0 Å². The van der Waals surface area contributed by atoms with E-state index < -0.39 is 0 Å². The topological polar surface area (TPSA) is 64.2 Å². The quantitative estimate of drug-likeness (QED) is 0.912. The maximum atomic E-state index is 13.3. The number of hydrogen-bond acceptors (Lipinski definition) is 3. The van der Waals surface area contributed by atoms with Crippen LogP contribution >= 0.6 is 0 Å². The van der Waals surface area contributed by atoms with Crippen LogP contribution in [0.15, 0.2) is 36.5 Å². The Bertz CT molecular complexity index is 651.